The van der Waals surface area contributed by atoms with E-state index >= 15 is 0 Å². The molecule has 3 aliphatic rings. The molecule has 156 valence electrons. The van der Waals surface area contributed by atoms with Gasteiger partial charge >= 0.3 is 0 Å². The van der Waals surface area contributed by atoms with Gasteiger partial charge in [-0.05, 0) is 68.0 Å². The van der Waals surface area contributed by atoms with Crippen LogP contribution in [0.15, 0.2) is 4.99 Å². The largest absolute Gasteiger partial charge is 0.468 e. The van der Waals surface area contributed by atoms with Gasteiger partial charge in [0.15, 0.2) is 0 Å². The lowest BCUT2D eigenvalue weighted by molar-refractivity contribution is -0.140. The van der Waals surface area contributed by atoms with Crippen molar-refractivity contribution in [2.24, 2.45) is 28.2 Å². The summed E-state index contributed by atoms with van der Waals surface area (Å²) < 4.78 is 5.94. The Labute approximate surface area is 173 Å². The van der Waals surface area contributed by atoms with Crippen LogP contribution in [0.1, 0.15) is 60.3 Å². The fraction of sp³-hybridized carbons (Fsp3) is 0.810. The molecule has 2 aliphatic carbocycles. The first-order valence-corrected chi connectivity index (χ1v) is 10.8. The number of carbonyl (C=O) groups excluding carboxylic acids is 2. The maximum atomic E-state index is 13.4. The van der Waals surface area contributed by atoms with Crippen LogP contribution in [-0.2, 0) is 14.3 Å². The second-order valence-electron chi connectivity index (χ2n) is 9.77. The lowest BCUT2D eigenvalue weighted by atomic mass is 9.85. The zero-order chi connectivity index (χ0) is 20.6. The van der Waals surface area contributed by atoms with Gasteiger partial charge in [0.2, 0.25) is 5.91 Å². The Morgan fingerprint density at radius 3 is 2.43 bits per heavy atom. The molecular weight excluding hydrogens is 374 g/mol. The first-order valence-electron chi connectivity index (χ1n) is 10.4. The van der Waals surface area contributed by atoms with E-state index in [-0.39, 0.29) is 29.3 Å². The molecule has 3 fully saturated rings. The van der Waals surface area contributed by atoms with Crippen molar-refractivity contribution in [3.05, 3.63) is 0 Å². The molecule has 0 radical (unpaired) electrons. The Bertz CT molecular complexity index is 662. The number of ether oxygens (including phenoxy) is 1. The number of carbonyl (C=O) groups is 2. The Kier molecular flexibility index (Phi) is 6.13. The van der Waals surface area contributed by atoms with Crippen LogP contribution in [0.5, 0.6) is 0 Å². The summed E-state index contributed by atoms with van der Waals surface area (Å²) in [6, 6.07) is -1.05. The van der Waals surface area contributed by atoms with Crippen molar-refractivity contribution < 1.29 is 14.3 Å². The van der Waals surface area contributed by atoms with E-state index in [1.807, 2.05) is 20.8 Å². The highest BCUT2D eigenvalue weighted by molar-refractivity contribution is 7.80. The van der Waals surface area contributed by atoms with Crippen LogP contribution < -0.4 is 5.32 Å². The van der Waals surface area contributed by atoms with Crippen molar-refractivity contribution in [2.45, 2.75) is 78.5 Å². The molecule has 0 bridgehead atoms. The van der Waals surface area contributed by atoms with Gasteiger partial charge in [0.1, 0.15) is 18.2 Å². The highest BCUT2D eigenvalue weighted by atomic mass is 32.1. The molecule has 0 aromatic carbocycles. The average molecular weight is 408 g/mol. The molecule has 2 amide bonds. The third kappa shape index (κ3) is 4.73. The fourth-order valence-corrected chi connectivity index (χ4v) is 4.86. The van der Waals surface area contributed by atoms with Gasteiger partial charge in [0, 0.05) is 12.8 Å². The van der Waals surface area contributed by atoms with Crippen molar-refractivity contribution >= 4 is 35.4 Å². The van der Waals surface area contributed by atoms with Crippen molar-refractivity contribution in [3.63, 3.8) is 0 Å². The second-order valence-corrected chi connectivity index (χ2v) is 10.1. The van der Waals surface area contributed by atoms with Gasteiger partial charge in [-0.2, -0.15) is 0 Å². The van der Waals surface area contributed by atoms with Gasteiger partial charge < -0.3 is 15.0 Å². The van der Waals surface area contributed by atoms with E-state index in [1.54, 1.807) is 11.8 Å². The standard InChI is InChI=1S/C21H33N3O3S/c1-6-22-18(25)16-7-12(2)11-24(16)19(26)17(21(3,4)5)23-20(28)27-15-9-13-8-14(13)10-15/h6,12-17H,7-11H2,1-5H3,(H,23,28)/b22-6-/t12-,13?,14?,15?,16?,17?/m1/s1. The van der Waals surface area contributed by atoms with Crippen LogP contribution in [0.3, 0.4) is 0 Å². The Morgan fingerprint density at radius 1 is 1.21 bits per heavy atom. The van der Waals surface area contributed by atoms with Gasteiger partial charge in [-0.3, -0.25) is 9.59 Å². The molecule has 0 aromatic rings. The second kappa shape index (κ2) is 8.09. The molecule has 5 atom stereocenters. The summed E-state index contributed by atoms with van der Waals surface area (Å²) in [7, 11) is 0. The normalized spacial score (nSPS) is 32.9. The third-order valence-electron chi connectivity index (χ3n) is 6.18. The molecule has 0 spiro atoms. The van der Waals surface area contributed by atoms with E-state index in [9.17, 15) is 9.59 Å². The number of rotatable bonds is 4. The molecule has 6 nitrogen and oxygen atoms in total. The maximum absolute atomic E-state index is 13.4. The molecule has 2 saturated carbocycles. The summed E-state index contributed by atoms with van der Waals surface area (Å²) in [5.74, 6) is 1.52. The number of hydrogen-bond acceptors (Lipinski definition) is 4. The van der Waals surface area contributed by atoms with E-state index in [0.29, 0.717) is 18.1 Å². The number of fused-ring (bicyclic) bond motifs is 1. The van der Waals surface area contributed by atoms with Crippen molar-refractivity contribution in [1.29, 1.82) is 0 Å². The van der Waals surface area contributed by atoms with Crippen LogP contribution in [0, 0.1) is 23.2 Å². The Morgan fingerprint density at radius 2 is 1.86 bits per heavy atom. The summed E-state index contributed by atoms with van der Waals surface area (Å²) in [4.78, 5) is 31.4. The smallest absolute Gasteiger partial charge is 0.268 e. The van der Waals surface area contributed by atoms with E-state index in [1.165, 1.54) is 12.6 Å². The minimum absolute atomic E-state index is 0.110. The quantitative estimate of drug-likeness (QED) is 0.573. The van der Waals surface area contributed by atoms with Crippen molar-refractivity contribution in [2.75, 3.05) is 6.54 Å². The van der Waals surface area contributed by atoms with Gasteiger partial charge in [0.05, 0.1) is 0 Å². The number of aliphatic imine (C=N–C) groups is 1. The van der Waals surface area contributed by atoms with E-state index in [2.05, 4.69) is 17.2 Å². The van der Waals surface area contributed by atoms with Crippen LogP contribution in [0.4, 0.5) is 0 Å². The van der Waals surface area contributed by atoms with Gasteiger partial charge in [-0.25, -0.2) is 4.99 Å². The number of likely N-dealkylation sites (tertiary alicyclic amines) is 1. The Hall–Kier alpha value is -1.50. The van der Waals surface area contributed by atoms with Gasteiger partial charge in [-0.1, -0.05) is 27.7 Å². The third-order valence-corrected chi connectivity index (χ3v) is 6.40. The van der Waals surface area contributed by atoms with Crippen molar-refractivity contribution in [1.82, 2.24) is 10.2 Å². The van der Waals surface area contributed by atoms with Crippen LogP contribution in [0.25, 0.3) is 0 Å². The molecule has 1 N–H and O–H groups in total. The molecule has 0 aromatic heterocycles. The molecule has 1 saturated heterocycles. The molecule has 3 rings (SSSR count). The lowest BCUT2D eigenvalue weighted by Crippen LogP contribution is -2.56. The van der Waals surface area contributed by atoms with Crippen LogP contribution in [0.2, 0.25) is 0 Å². The summed E-state index contributed by atoms with van der Waals surface area (Å²) in [6.45, 7) is 10.3. The summed E-state index contributed by atoms with van der Waals surface area (Å²) >= 11 is 5.43. The first-order chi connectivity index (χ1) is 13.1. The molecule has 4 unspecified atom stereocenters. The minimum atomic E-state index is -0.554. The highest BCUT2D eigenvalue weighted by Crippen LogP contribution is 2.52. The number of amides is 2. The Balaban J connectivity index is 1.68. The van der Waals surface area contributed by atoms with Crippen LogP contribution in [-0.4, -0.2) is 52.8 Å². The van der Waals surface area contributed by atoms with E-state index in [0.717, 1.165) is 24.7 Å². The lowest BCUT2D eigenvalue weighted by Gasteiger charge is -2.35. The number of nitrogens with one attached hydrogen (secondary N) is 1. The van der Waals surface area contributed by atoms with Gasteiger partial charge in [0.25, 0.3) is 11.1 Å². The molecule has 7 heteroatoms. The fourth-order valence-electron chi connectivity index (χ4n) is 4.61. The predicted octanol–water partition coefficient (Wildman–Crippen LogP) is 2.95. The maximum Gasteiger partial charge on any atom is 0.268 e. The van der Waals surface area contributed by atoms with Gasteiger partial charge in [-0.15, -0.1) is 0 Å². The van der Waals surface area contributed by atoms with Crippen LogP contribution >= 0.6 is 12.2 Å². The van der Waals surface area contributed by atoms with E-state index < -0.39 is 12.1 Å². The summed E-state index contributed by atoms with van der Waals surface area (Å²) in [5, 5.41) is 3.46. The highest BCUT2D eigenvalue weighted by Gasteiger charge is 2.48. The molecule has 1 heterocycles. The minimum Gasteiger partial charge on any atom is -0.468 e. The molecule has 1 aliphatic heterocycles. The predicted molar refractivity (Wildman–Crippen MR) is 113 cm³/mol. The number of nitrogens with zero attached hydrogens (tertiary/aromatic N) is 2. The number of hydrogen-bond donors (Lipinski definition) is 1. The zero-order valence-electron chi connectivity index (χ0n) is 17.6. The molecule has 28 heavy (non-hydrogen) atoms. The van der Waals surface area contributed by atoms with E-state index in [4.69, 9.17) is 17.0 Å². The SMILES string of the molecule is C/C=N\C(=O)C1C[C@@H](C)CN1C(=O)C(NC(=S)OC1CC2CC2C1)C(C)(C)C. The summed E-state index contributed by atoms with van der Waals surface area (Å²) in [6.07, 6.45) is 5.75. The average Bonchev–Trinajstić information content (AvgIpc) is 3.01. The number of thiocarbonyl (C=S) groups is 1. The first kappa shape index (κ1) is 21.2. The van der Waals surface area contributed by atoms with Crippen molar-refractivity contribution in [3.8, 4) is 0 Å². The topological polar surface area (TPSA) is 71.0 Å². The zero-order valence-corrected chi connectivity index (χ0v) is 18.4. The summed E-state index contributed by atoms with van der Waals surface area (Å²) in [5.41, 5.74) is -0.379. The monoisotopic (exact) mass is 407 g/mol. The molecular formula is C21H33N3O3S.